The van der Waals surface area contributed by atoms with Gasteiger partial charge in [0.25, 0.3) is 11.8 Å². The van der Waals surface area contributed by atoms with Crippen LogP contribution >= 0.6 is 11.3 Å². The average molecular weight is 394 g/mol. The molecule has 1 aliphatic heterocycles. The fourth-order valence-corrected chi connectivity index (χ4v) is 5.07. The molecule has 7 nitrogen and oxygen atoms in total. The summed E-state index contributed by atoms with van der Waals surface area (Å²) in [7, 11) is 0. The first-order chi connectivity index (χ1) is 13.4. The van der Waals surface area contributed by atoms with Crippen molar-refractivity contribution < 1.29 is 14.4 Å². The number of carbonyl (C=O) groups excluding carboxylic acids is 3. The first kappa shape index (κ1) is 18.2. The molecular formula is C20H18N4O3S. The molecule has 2 N–H and O–H groups in total. The molecule has 0 aromatic carbocycles. The van der Waals surface area contributed by atoms with E-state index in [0.29, 0.717) is 10.4 Å². The van der Waals surface area contributed by atoms with Crippen LogP contribution < -0.4 is 10.6 Å². The molecule has 1 fully saturated rings. The smallest absolute Gasteiger partial charge is 0.316 e. The Morgan fingerprint density at radius 3 is 2.50 bits per heavy atom. The summed E-state index contributed by atoms with van der Waals surface area (Å²) in [5.74, 6) is -1.44. The maximum absolute atomic E-state index is 12.0. The van der Waals surface area contributed by atoms with Gasteiger partial charge in [-0.15, -0.1) is 11.3 Å². The average Bonchev–Trinajstić information content (AvgIpc) is 3.14. The van der Waals surface area contributed by atoms with Crippen molar-refractivity contribution >= 4 is 35.3 Å². The van der Waals surface area contributed by atoms with E-state index < -0.39 is 17.8 Å². The van der Waals surface area contributed by atoms with Crippen LogP contribution in [0.15, 0.2) is 11.6 Å². The maximum Gasteiger partial charge on any atom is 0.328 e. The third kappa shape index (κ3) is 2.84. The van der Waals surface area contributed by atoms with E-state index in [1.165, 1.54) is 16.5 Å². The zero-order valence-electron chi connectivity index (χ0n) is 15.5. The molecule has 4 amide bonds. The number of fused-ring (bicyclic) bond motifs is 1. The molecule has 0 atom stereocenters. The fraction of sp³-hybridized carbons (Fsp3) is 0.300. The molecule has 4 rings (SSSR count). The van der Waals surface area contributed by atoms with E-state index >= 15 is 0 Å². The number of hydrogen-bond acceptors (Lipinski definition) is 5. The molecule has 2 aromatic rings. The lowest BCUT2D eigenvalue weighted by Crippen LogP contribution is -2.51. The summed E-state index contributed by atoms with van der Waals surface area (Å²) in [5.41, 5.74) is 4.49. The summed E-state index contributed by atoms with van der Waals surface area (Å²) in [6, 6.07) is 3.40. The number of carbonyl (C=O) groups is 3. The topological polar surface area (TPSA) is 104 Å². The highest BCUT2D eigenvalue weighted by atomic mass is 32.1. The van der Waals surface area contributed by atoms with Crippen LogP contribution in [0.2, 0.25) is 0 Å². The van der Waals surface area contributed by atoms with Crippen molar-refractivity contribution in [2.24, 2.45) is 0 Å². The Kier molecular flexibility index (Phi) is 4.40. The van der Waals surface area contributed by atoms with Crippen LogP contribution in [0, 0.1) is 25.2 Å². The second kappa shape index (κ2) is 6.77. The predicted molar refractivity (Wildman–Crippen MR) is 104 cm³/mol. The zero-order chi connectivity index (χ0) is 20.0. The molecule has 28 heavy (non-hydrogen) atoms. The van der Waals surface area contributed by atoms with E-state index in [1.807, 2.05) is 24.5 Å². The molecule has 0 saturated carbocycles. The fourth-order valence-electron chi connectivity index (χ4n) is 3.90. The van der Waals surface area contributed by atoms with E-state index in [-0.39, 0.29) is 5.57 Å². The largest absolute Gasteiger partial charge is 0.328 e. The molecule has 1 saturated heterocycles. The van der Waals surface area contributed by atoms with Gasteiger partial charge in [-0.25, -0.2) is 4.79 Å². The Bertz CT molecular complexity index is 1090. The minimum absolute atomic E-state index is 0.118. The number of hydrogen-bond donors (Lipinski definition) is 2. The van der Waals surface area contributed by atoms with Gasteiger partial charge in [-0.1, -0.05) is 0 Å². The summed E-state index contributed by atoms with van der Waals surface area (Å²) in [4.78, 5) is 37.3. The first-order valence-electron chi connectivity index (χ1n) is 9.03. The van der Waals surface area contributed by atoms with Crippen LogP contribution in [-0.2, 0) is 22.4 Å². The minimum Gasteiger partial charge on any atom is -0.316 e. The van der Waals surface area contributed by atoms with Crippen LogP contribution in [0.25, 0.3) is 11.8 Å². The van der Waals surface area contributed by atoms with Gasteiger partial charge in [-0.3, -0.25) is 20.2 Å². The molecule has 2 aliphatic rings. The molecule has 3 heterocycles. The number of aryl methyl sites for hydroxylation is 2. The standard InChI is InChI=1S/C20H18N4O3S/c1-10-7-12(8-14-18(25)22-20(27)23-19(14)26)11(2)24(10)17-13-5-3-4-6-15(13)28-16(17)9-21/h7-8H,3-6H2,1-2H3,(H2,22,23,25,26,27). The highest BCUT2D eigenvalue weighted by Gasteiger charge is 2.29. The van der Waals surface area contributed by atoms with Gasteiger partial charge in [0.15, 0.2) is 0 Å². The number of urea groups is 1. The Labute approximate surface area is 165 Å². The summed E-state index contributed by atoms with van der Waals surface area (Å²) in [5, 5.41) is 13.8. The van der Waals surface area contributed by atoms with Gasteiger partial charge in [0.05, 0.1) is 5.69 Å². The van der Waals surface area contributed by atoms with Gasteiger partial charge in [0, 0.05) is 16.3 Å². The van der Waals surface area contributed by atoms with Crippen molar-refractivity contribution in [3.05, 3.63) is 43.9 Å². The van der Waals surface area contributed by atoms with E-state index in [4.69, 9.17) is 0 Å². The molecule has 0 radical (unpaired) electrons. The van der Waals surface area contributed by atoms with Gasteiger partial charge in [-0.2, -0.15) is 5.26 Å². The van der Waals surface area contributed by atoms with Gasteiger partial charge < -0.3 is 4.57 Å². The van der Waals surface area contributed by atoms with Crippen LogP contribution in [-0.4, -0.2) is 22.4 Å². The molecular weight excluding hydrogens is 376 g/mol. The monoisotopic (exact) mass is 394 g/mol. The number of aromatic nitrogens is 1. The van der Waals surface area contributed by atoms with E-state index in [1.54, 1.807) is 11.3 Å². The summed E-state index contributed by atoms with van der Waals surface area (Å²) in [6.45, 7) is 3.84. The number of rotatable bonds is 2. The van der Waals surface area contributed by atoms with Crippen molar-refractivity contribution in [2.45, 2.75) is 39.5 Å². The van der Waals surface area contributed by atoms with Crippen LogP contribution in [0.5, 0.6) is 0 Å². The molecule has 1 aliphatic carbocycles. The Morgan fingerprint density at radius 2 is 1.82 bits per heavy atom. The summed E-state index contributed by atoms with van der Waals surface area (Å²) >= 11 is 1.56. The molecule has 0 bridgehead atoms. The lowest BCUT2D eigenvalue weighted by molar-refractivity contribution is -0.123. The predicted octanol–water partition coefficient (Wildman–Crippen LogP) is 2.66. The van der Waals surface area contributed by atoms with Crippen LogP contribution in [0.1, 0.15) is 45.1 Å². The van der Waals surface area contributed by atoms with E-state index in [9.17, 15) is 19.6 Å². The summed E-state index contributed by atoms with van der Waals surface area (Å²) < 4.78 is 2.04. The highest BCUT2D eigenvalue weighted by molar-refractivity contribution is 7.13. The Balaban J connectivity index is 1.84. The third-order valence-electron chi connectivity index (χ3n) is 5.18. The normalized spacial score (nSPS) is 16.3. The lowest BCUT2D eigenvalue weighted by atomic mass is 9.97. The van der Waals surface area contributed by atoms with Crippen molar-refractivity contribution in [3.63, 3.8) is 0 Å². The van der Waals surface area contributed by atoms with Crippen molar-refractivity contribution in [2.75, 3.05) is 0 Å². The second-order valence-electron chi connectivity index (χ2n) is 6.96. The van der Waals surface area contributed by atoms with Gasteiger partial charge in [0.1, 0.15) is 16.5 Å². The summed E-state index contributed by atoms with van der Waals surface area (Å²) in [6.07, 6.45) is 5.68. The molecule has 0 spiro atoms. The number of barbiturate groups is 1. The molecule has 2 aromatic heterocycles. The molecule has 142 valence electrons. The Hall–Kier alpha value is -3.18. The second-order valence-corrected chi connectivity index (χ2v) is 8.06. The van der Waals surface area contributed by atoms with Crippen molar-refractivity contribution in [1.82, 2.24) is 15.2 Å². The lowest BCUT2D eigenvalue weighted by Gasteiger charge is -2.16. The van der Waals surface area contributed by atoms with E-state index in [0.717, 1.165) is 42.8 Å². The first-order valence-corrected chi connectivity index (χ1v) is 9.84. The molecule has 8 heteroatoms. The molecule has 0 unspecified atom stereocenters. The van der Waals surface area contributed by atoms with Gasteiger partial charge >= 0.3 is 6.03 Å². The number of nitriles is 1. The van der Waals surface area contributed by atoms with Crippen LogP contribution in [0.3, 0.4) is 0 Å². The zero-order valence-corrected chi connectivity index (χ0v) is 16.3. The number of amides is 4. The number of nitrogens with one attached hydrogen (secondary N) is 2. The van der Waals surface area contributed by atoms with Crippen molar-refractivity contribution in [1.29, 1.82) is 5.26 Å². The van der Waals surface area contributed by atoms with E-state index in [2.05, 4.69) is 16.7 Å². The number of nitrogens with zero attached hydrogens (tertiary/aromatic N) is 2. The van der Waals surface area contributed by atoms with Crippen LogP contribution in [0.4, 0.5) is 4.79 Å². The quantitative estimate of drug-likeness (QED) is 0.603. The number of imide groups is 2. The minimum atomic E-state index is -0.818. The van der Waals surface area contributed by atoms with Crippen molar-refractivity contribution in [3.8, 4) is 11.8 Å². The third-order valence-corrected chi connectivity index (χ3v) is 6.37. The van der Waals surface area contributed by atoms with Gasteiger partial charge in [-0.05, 0) is 62.8 Å². The highest BCUT2D eigenvalue weighted by Crippen LogP contribution is 2.38. The maximum atomic E-state index is 12.0. The SMILES string of the molecule is Cc1cc(C=C2C(=O)NC(=O)NC2=O)c(C)n1-c1c(C#N)sc2c1CCCC2. The van der Waals surface area contributed by atoms with Gasteiger partial charge in [0.2, 0.25) is 0 Å². The Morgan fingerprint density at radius 1 is 1.14 bits per heavy atom. The number of thiophene rings is 1.